The molecule has 0 saturated carbocycles. The number of carbonyl (C=O) groups excluding carboxylic acids is 1. The van der Waals surface area contributed by atoms with E-state index in [1.165, 1.54) is 27.8 Å². The lowest BCUT2D eigenvalue weighted by Gasteiger charge is -2.30. The number of benzene rings is 1. The number of fused-ring (bicyclic) bond motifs is 2. The highest BCUT2D eigenvalue weighted by Gasteiger charge is 2.28. The Hall–Kier alpha value is -1.17. The Bertz CT molecular complexity index is 993. The largest absolute Gasteiger partial charge is 0.342 e. The maximum Gasteiger partial charge on any atom is 0.222 e. The number of amides is 1. The summed E-state index contributed by atoms with van der Waals surface area (Å²) in [6.07, 6.45) is 7.05. The second-order valence-electron chi connectivity index (χ2n) is 7.69. The summed E-state index contributed by atoms with van der Waals surface area (Å²) in [4.78, 5) is 19.2. The normalized spacial score (nSPS) is 16.3. The fraction of sp³-hybridized carbons (Fsp3) is 0.391. The van der Waals surface area contributed by atoms with Gasteiger partial charge in [0, 0.05) is 50.8 Å². The van der Waals surface area contributed by atoms with Crippen LogP contribution in [-0.4, -0.2) is 28.9 Å². The van der Waals surface area contributed by atoms with Crippen LogP contribution in [-0.2, 0) is 17.6 Å². The first kappa shape index (κ1) is 21.1. The van der Waals surface area contributed by atoms with Gasteiger partial charge in [-0.15, -0.1) is 0 Å². The number of nitrogens with zero attached hydrogens (tertiary/aromatic N) is 2. The van der Waals surface area contributed by atoms with Crippen LogP contribution in [0.4, 0.5) is 0 Å². The monoisotopic (exact) mass is 536 g/mol. The van der Waals surface area contributed by atoms with E-state index in [1.54, 1.807) is 0 Å². The summed E-state index contributed by atoms with van der Waals surface area (Å²) in [5, 5.41) is 0.750. The molecule has 1 aliphatic carbocycles. The van der Waals surface area contributed by atoms with E-state index in [4.69, 9.17) is 16.6 Å². The number of pyridine rings is 1. The molecule has 0 radical (unpaired) electrons. The molecule has 2 aliphatic rings. The summed E-state index contributed by atoms with van der Waals surface area (Å²) < 4.78 is 2.02. The van der Waals surface area contributed by atoms with E-state index in [2.05, 4.69) is 50.9 Å². The lowest BCUT2D eigenvalue weighted by molar-refractivity contribution is -0.131. The van der Waals surface area contributed by atoms with Crippen LogP contribution in [0.2, 0.25) is 5.02 Å². The molecule has 1 aliphatic heterocycles. The van der Waals surface area contributed by atoms with Gasteiger partial charge < -0.3 is 4.90 Å². The zero-order valence-electron chi connectivity index (χ0n) is 16.4. The second kappa shape index (κ2) is 8.91. The van der Waals surface area contributed by atoms with Crippen molar-refractivity contribution in [1.82, 2.24) is 9.88 Å². The van der Waals surface area contributed by atoms with Crippen LogP contribution in [0.1, 0.15) is 55.0 Å². The quantitative estimate of drug-likeness (QED) is 0.433. The van der Waals surface area contributed by atoms with Crippen molar-refractivity contribution in [2.75, 3.05) is 13.1 Å². The number of carbonyl (C=O) groups is 1. The smallest absolute Gasteiger partial charge is 0.222 e. The minimum absolute atomic E-state index is 0.272. The van der Waals surface area contributed by atoms with Gasteiger partial charge in [0.1, 0.15) is 0 Å². The van der Waals surface area contributed by atoms with Gasteiger partial charge in [0.25, 0.3) is 0 Å². The summed E-state index contributed by atoms with van der Waals surface area (Å²) >= 11 is 13.7. The first-order chi connectivity index (χ1) is 14.0. The summed E-state index contributed by atoms with van der Waals surface area (Å²) in [6.45, 7) is 3.62. The van der Waals surface area contributed by atoms with E-state index in [-0.39, 0.29) is 5.91 Å². The van der Waals surface area contributed by atoms with Gasteiger partial charge >= 0.3 is 0 Å². The highest BCUT2D eigenvalue weighted by Crippen LogP contribution is 2.42. The lowest BCUT2D eigenvalue weighted by atomic mass is 9.88. The topological polar surface area (TPSA) is 33.2 Å². The highest BCUT2D eigenvalue weighted by atomic mass is 79.9. The SMILES string of the molecule is CCCC(=O)N1CCC(=C2c3ncc(Br)cc3CCc3cc(Cl)cc(Br)c32)CC1. The molecule has 2 heterocycles. The van der Waals surface area contributed by atoms with Gasteiger partial charge in [0.15, 0.2) is 0 Å². The van der Waals surface area contributed by atoms with Crippen LogP contribution in [0.25, 0.3) is 5.57 Å². The average Bonchev–Trinajstić information content (AvgIpc) is 2.85. The molecule has 0 N–H and O–H groups in total. The Kier molecular flexibility index (Phi) is 6.47. The van der Waals surface area contributed by atoms with Crippen molar-refractivity contribution in [3.8, 4) is 0 Å². The molecular formula is C23H23Br2ClN2O. The second-order valence-corrected chi connectivity index (χ2v) is 9.90. The van der Waals surface area contributed by atoms with Crippen molar-refractivity contribution in [1.29, 1.82) is 0 Å². The molecule has 1 amide bonds. The Morgan fingerprint density at radius 3 is 2.55 bits per heavy atom. The molecule has 3 nitrogen and oxygen atoms in total. The van der Waals surface area contributed by atoms with E-state index in [1.807, 2.05) is 17.2 Å². The summed E-state index contributed by atoms with van der Waals surface area (Å²) in [7, 11) is 0. The van der Waals surface area contributed by atoms with Gasteiger partial charge in [0.05, 0.1) is 5.69 Å². The molecule has 1 aromatic carbocycles. The Morgan fingerprint density at radius 1 is 1.10 bits per heavy atom. The van der Waals surface area contributed by atoms with Gasteiger partial charge in [-0.25, -0.2) is 0 Å². The molecule has 6 heteroatoms. The van der Waals surface area contributed by atoms with E-state index < -0.39 is 0 Å². The fourth-order valence-electron chi connectivity index (χ4n) is 4.38. The first-order valence-corrected chi connectivity index (χ1v) is 12.1. The van der Waals surface area contributed by atoms with Crippen LogP contribution < -0.4 is 0 Å². The van der Waals surface area contributed by atoms with Crippen molar-refractivity contribution in [2.24, 2.45) is 0 Å². The number of aryl methyl sites for hydroxylation is 2. The van der Waals surface area contributed by atoms with Gasteiger partial charge in [-0.2, -0.15) is 0 Å². The molecule has 0 unspecified atom stereocenters. The number of hydrogen-bond donors (Lipinski definition) is 0. The molecule has 1 aromatic heterocycles. The zero-order valence-corrected chi connectivity index (χ0v) is 20.3. The van der Waals surface area contributed by atoms with Gasteiger partial charge in [-0.3, -0.25) is 9.78 Å². The van der Waals surface area contributed by atoms with E-state index in [0.29, 0.717) is 6.42 Å². The molecule has 0 bridgehead atoms. The Labute approximate surface area is 193 Å². The van der Waals surface area contributed by atoms with Gasteiger partial charge in [0.2, 0.25) is 5.91 Å². The maximum atomic E-state index is 12.3. The minimum Gasteiger partial charge on any atom is -0.342 e. The van der Waals surface area contributed by atoms with Crippen LogP contribution in [0, 0.1) is 0 Å². The molecule has 2 aromatic rings. The third-order valence-corrected chi connectivity index (χ3v) is 7.03. The number of hydrogen-bond acceptors (Lipinski definition) is 2. The summed E-state index contributed by atoms with van der Waals surface area (Å²) in [5.41, 5.74) is 7.40. The first-order valence-electron chi connectivity index (χ1n) is 10.1. The molecule has 29 heavy (non-hydrogen) atoms. The van der Waals surface area contributed by atoms with Crippen molar-refractivity contribution < 1.29 is 4.79 Å². The molecule has 1 fully saturated rings. The van der Waals surface area contributed by atoms with Gasteiger partial charge in [-0.05, 0) is 77.4 Å². The predicted molar refractivity (Wildman–Crippen MR) is 125 cm³/mol. The van der Waals surface area contributed by atoms with Gasteiger partial charge in [-0.1, -0.05) is 40.0 Å². The number of piperidine rings is 1. The van der Waals surface area contributed by atoms with E-state index in [0.717, 1.165) is 64.9 Å². The maximum absolute atomic E-state index is 12.3. The molecule has 4 rings (SSSR count). The molecule has 0 spiro atoms. The average molecular weight is 539 g/mol. The van der Waals surface area contributed by atoms with Crippen molar-refractivity contribution in [3.05, 3.63) is 66.3 Å². The number of rotatable bonds is 2. The van der Waals surface area contributed by atoms with Crippen molar-refractivity contribution >= 4 is 54.9 Å². The standard InChI is InChI=1S/C23H23Br2ClN2O/c1-2-3-20(29)28-8-6-14(7-9-28)22-21-15(11-18(26)12-19(21)25)4-5-16-10-17(24)13-27-23(16)22/h10-13H,2-9H2,1H3. The van der Waals surface area contributed by atoms with Crippen LogP contribution in [0.15, 0.2) is 38.9 Å². The Morgan fingerprint density at radius 2 is 1.83 bits per heavy atom. The summed E-state index contributed by atoms with van der Waals surface area (Å²) in [5.74, 6) is 0.272. The van der Waals surface area contributed by atoms with Crippen molar-refractivity contribution in [3.63, 3.8) is 0 Å². The fourth-order valence-corrected chi connectivity index (χ4v) is 5.83. The van der Waals surface area contributed by atoms with E-state index in [9.17, 15) is 4.79 Å². The van der Waals surface area contributed by atoms with Crippen LogP contribution in [0.5, 0.6) is 0 Å². The Balaban J connectivity index is 1.82. The lowest BCUT2D eigenvalue weighted by Crippen LogP contribution is -2.36. The zero-order chi connectivity index (χ0) is 20.5. The molecule has 1 saturated heterocycles. The number of likely N-dealkylation sites (tertiary alicyclic amines) is 1. The van der Waals surface area contributed by atoms with Crippen LogP contribution >= 0.6 is 43.5 Å². The summed E-state index contributed by atoms with van der Waals surface area (Å²) in [6, 6.07) is 6.25. The van der Waals surface area contributed by atoms with Crippen molar-refractivity contribution in [2.45, 2.75) is 45.4 Å². The molecular weight excluding hydrogens is 516 g/mol. The predicted octanol–water partition coefficient (Wildman–Crippen LogP) is 6.58. The number of aromatic nitrogens is 1. The van der Waals surface area contributed by atoms with Crippen LogP contribution in [0.3, 0.4) is 0 Å². The third-order valence-electron chi connectivity index (χ3n) is 5.76. The third kappa shape index (κ3) is 4.33. The highest BCUT2D eigenvalue weighted by molar-refractivity contribution is 9.10. The molecule has 152 valence electrons. The molecule has 0 atom stereocenters. The minimum atomic E-state index is 0.272. The van der Waals surface area contributed by atoms with E-state index >= 15 is 0 Å². The number of halogens is 3.